The van der Waals surface area contributed by atoms with Gasteiger partial charge in [-0.15, -0.1) is 0 Å². The average Bonchev–Trinajstić information content (AvgIpc) is 2.68. The minimum Gasteiger partial charge on any atom is -0.333 e. The topological polar surface area (TPSA) is 49.4 Å². The van der Waals surface area contributed by atoms with Crippen LogP contribution >= 0.6 is 0 Å². The highest BCUT2D eigenvalue weighted by Gasteiger charge is 2.22. The van der Waals surface area contributed by atoms with Gasteiger partial charge in [0.1, 0.15) is 5.82 Å². The summed E-state index contributed by atoms with van der Waals surface area (Å²) in [6, 6.07) is 5.95. The van der Waals surface area contributed by atoms with Gasteiger partial charge in [-0.1, -0.05) is 12.1 Å². The molecule has 1 aliphatic heterocycles. The van der Waals surface area contributed by atoms with Gasteiger partial charge in [0.15, 0.2) is 0 Å². The molecular weight excluding hydrogens is 223 g/mol. The van der Waals surface area contributed by atoms with Crippen LogP contribution in [0.3, 0.4) is 0 Å². The number of anilines is 1. The molecule has 0 saturated carbocycles. The van der Waals surface area contributed by atoms with Gasteiger partial charge in [-0.3, -0.25) is 9.59 Å². The van der Waals surface area contributed by atoms with Crippen LogP contribution in [-0.4, -0.2) is 29.8 Å². The Labute approximate surface area is 98.4 Å². The number of hydrogen-bond donors (Lipinski definition) is 1. The van der Waals surface area contributed by atoms with E-state index in [-0.39, 0.29) is 24.0 Å². The molecule has 0 unspecified atom stereocenters. The summed E-state index contributed by atoms with van der Waals surface area (Å²) in [6.45, 7) is 0.594. The van der Waals surface area contributed by atoms with E-state index in [1.807, 2.05) is 0 Å². The van der Waals surface area contributed by atoms with Crippen molar-refractivity contribution in [3.05, 3.63) is 30.1 Å². The number of hydrogen-bond acceptors (Lipinski definition) is 2. The Morgan fingerprint density at radius 3 is 2.82 bits per heavy atom. The molecule has 2 amide bonds. The van der Waals surface area contributed by atoms with Crippen LogP contribution in [0.2, 0.25) is 0 Å². The Kier molecular flexibility index (Phi) is 3.37. The first kappa shape index (κ1) is 11.6. The number of para-hydroxylation sites is 1. The second kappa shape index (κ2) is 4.95. The molecule has 0 aromatic heterocycles. The molecule has 1 saturated heterocycles. The first-order valence-corrected chi connectivity index (χ1v) is 5.49. The SMILES string of the molecule is O=C(CN1CCCC1=O)Nc1ccccc1F. The van der Waals surface area contributed by atoms with Gasteiger partial charge in [0.2, 0.25) is 11.8 Å². The first-order valence-electron chi connectivity index (χ1n) is 5.49. The van der Waals surface area contributed by atoms with Crippen molar-refractivity contribution in [2.24, 2.45) is 0 Å². The van der Waals surface area contributed by atoms with Crippen LogP contribution in [0.5, 0.6) is 0 Å². The molecule has 90 valence electrons. The molecule has 0 atom stereocenters. The molecule has 4 nitrogen and oxygen atoms in total. The van der Waals surface area contributed by atoms with Crippen molar-refractivity contribution in [2.45, 2.75) is 12.8 Å². The van der Waals surface area contributed by atoms with Crippen LogP contribution in [0.4, 0.5) is 10.1 Å². The number of halogens is 1. The van der Waals surface area contributed by atoms with Crippen molar-refractivity contribution >= 4 is 17.5 Å². The van der Waals surface area contributed by atoms with Crippen LogP contribution < -0.4 is 5.32 Å². The Morgan fingerprint density at radius 1 is 1.41 bits per heavy atom. The molecule has 17 heavy (non-hydrogen) atoms. The summed E-state index contributed by atoms with van der Waals surface area (Å²) < 4.78 is 13.2. The molecular formula is C12H13FN2O2. The zero-order chi connectivity index (χ0) is 12.3. The molecule has 1 heterocycles. The molecule has 0 aliphatic carbocycles. The van der Waals surface area contributed by atoms with Gasteiger partial charge in [0.25, 0.3) is 0 Å². The smallest absolute Gasteiger partial charge is 0.244 e. The van der Waals surface area contributed by atoms with Crippen molar-refractivity contribution < 1.29 is 14.0 Å². The molecule has 0 radical (unpaired) electrons. The summed E-state index contributed by atoms with van der Waals surface area (Å²) in [7, 11) is 0. The molecule has 1 N–H and O–H groups in total. The Hall–Kier alpha value is -1.91. The van der Waals surface area contributed by atoms with E-state index >= 15 is 0 Å². The first-order chi connectivity index (χ1) is 8.16. The molecule has 5 heteroatoms. The summed E-state index contributed by atoms with van der Waals surface area (Å²) >= 11 is 0. The van der Waals surface area contributed by atoms with E-state index < -0.39 is 5.82 Å². The summed E-state index contributed by atoms with van der Waals surface area (Å²) in [5.74, 6) is -0.868. The van der Waals surface area contributed by atoms with E-state index in [4.69, 9.17) is 0 Å². The molecule has 1 aromatic rings. The summed E-state index contributed by atoms with van der Waals surface area (Å²) in [5, 5.41) is 2.45. The number of amides is 2. The number of nitrogens with zero attached hydrogens (tertiary/aromatic N) is 1. The highest BCUT2D eigenvalue weighted by atomic mass is 19.1. The number of benzene rings is 1. The van der Waals surface area contributed by atoms with Gasteiger partial charge >= 0.3 is 0 Å². The third-order valence-corrected chi connectivity index (χ3v) is 2.65. The highest BCUT2D eigenvalue weighted by Crippen LogP contribution is 2.13. The second-order valence-corrected chi connectivity index (χ2v) is 3.95. The van der Waals surface area contributed by atoms with Crippen molar-refractivity contribution in [1.29, 1.82) is 0 Å². The predicted octanol–water partition coefficient (Wildman–Crippen LogP) is 1.39. The molecule has 1 fully saturated rings. The quantitative estimate of drug-likeness (QED) is 0.862. The van der Waals surface area contributed by atoms with E-state index in [2.05, 4.69) is 5.32 Å². The number of carbonyl (C=O) groups excluding carboxylic acids is 2. The minimum absolute atomic E-state index is 0.00678. The Morgan fingerprint density at radius 2 is 2.18 bits per heavy atom. The van der Waals surface area contributed by atoms with Gasteiger partial charge in [-0.25, -0.2) is 4.39 Å². The second-order valence-electron chi connectivity index (χ2n) is 3.95. The van der Waals surface area contributed by atoms with Crippen molar-refractivity contribution in [3.63, 3.8) is 0 Å². The third kappa shape index (κ3) is 2.81. The lowest BCUT2D eigenvalue weighted by Crippen LogP contribution is -2.34. The van der Waals surface area contributed by atoms with Crippen LogP contribution in [0.1, 0.15) is 12.8 Å². The lowest BCUT2D eigenvalue weighted by molar-refractivity contribution is -0.131. The van der Waals surface area contributed by atoms with Crippen LogP contribution in [0, 0.1) is 5.82 Å². The standard InChI is InChI=1S/C12H13FN2O2/c13-9-4-1-2-5-10(9)14-11(16)8-15-7-3-6-12(15)17/h1-2,4-5H,3,6-8H2,(H,14,16). The molecule has 1 aromatic carbocycles. The van der Waals surface area contributed by atoms with Crippen molar-refractivity contribution in [2.75, 3.05) is 18.4 Å². The van der Waals surface area contributed by atoms with Gasteiger partial charge in [-0.2, -0.15) is 0 Å². The van der Waals surface area contributed by atoms with Crippen LogP contribution in [0.25, 0.3) is 0 Å². The predicted molar refractivity (Wildman–Crippen MR) is 60.8 cm³/mol. The van der Waals surface area contributed by atoms with E-state index in [0.717, 1.165) is 6.42 Å². The monoisotopic (exact) mass is 236 g/mol. The lowest BCUT2D eigenvalue weighted by Gasteiger charge is -2.15. The maximum absolute atomic E-state index is 13.2. The average molecular weight is 236 g/mol. The maximum Gasteiger partial charge on any atom is 0.244 e. The molecule has 0 bridgehead atoms. The third-order valence-electron chi connectivity index (χ3n) is 2.65. The van der Waals surface area contributed by atoms with Gasteiger partial charge in [0, 0.05) is 13.0 Å². The molecule has 0 spiro atoms. The van der Waals surface area contributed by atoms with E-state index in [0.29, 0.717) is 13.0 Å². The van der Waals surface area contributed by atoms with Gasteiger partial charge in [-0.05, 0) is 18.6 Å². The highest BCUT2D eigenvalue weighted by molar-refractivity contribution is 5.94. The fourth-order valence-electron chi connectivity index (χ4n) is 1.80. The van der Waals surface area contributed by atoms with Gasteiger partial charge in [0.05, 0.1) is 12.2 Å². The molecule has 2 rings (SSSR count). The summed E-state index contributed by atoms with van der Waals surface area (Å²) in [4.78, 5) is 24.4. The Bertz CT molecular complexity index is 448. The van der Waals surface area contributed by atoms with E-state index in [1.165, 1.54) is 17.0 Å². The number of nitrogens with one attached hydrogen (secondary N) is 1. The minimum atomic E-state index is -0.478. The normalized spacial score (nSPS) is 15.1. The van der Waals surface area contributed by atoms with Crippen LogP contribution in [0.15, 0.2) is 24.3 Å². The number of likely N-dealkylation sites (tertiary alicyclic amines) is 1. The lowest BCUT2D eigenvalue weighted by atomic mass is 10.3. The summed E-state index contributed by atoms with van der Waals surface area (Å²) in [5.41, 5.74) is 0.143. The Balaban J connectivity index is 1.93. The fraction of sp³-hybridized carbons (Fsp3) is 0.333. The van der Waals surface area contributed by atoms with Crippen LogP contribution in [-0.2, 0) is 9.59 Å². The number of rotatable bonds is 3. The zero-order valence-corrected chi connectivity index (χ0v) is 9.28. The number of carbonyl (C=O) groups is 2. The zero-order valence-electron chi connectivity index (χ0n) is 9.28. The summed E-state index contributed by atoms with van der Waals surface area (Å²) in [6.07, 6.45) is 1.28. The molecule has 1 aliphatic rings. The fourth-order valence-corrected chi connectivity index (χ4v) is 1.80. The maximum atomic E-state index is 13.2. The largest absolute Gasteiger partial charge is 0.333 e. The van der Waals surface area contributed by atoms with Crippen molar-refractivity contribution in [1.82, 2.24) is 4.90 Å². The van der Waals surface area contributed by atoms with Gasteiger partial charge < -0.3 is 10.2 Å². The van der Waals surface area contributed by atoms with E-state index in [9.17, 15) is 14.0 Å². The van der Waals surface area contributed by atoms with E-state index in [1.54, 1.807) is 12.1 Å². The van der Waals surface area contributed by atoms with Crippen molar-refractivity contribution in [3.8, 4) is 0 Å².